The molecule has 3 nitrogen and oxygen atoms in total. The number of thioether (sulfide) groups is 1. The summed E-state index contributed by atoms with van der Waals surface area (Å²) in [5, 5.41) is 0. The van der Waals surface area contributed by atoms with Gasteiger partial charge in [-0.3, -0.25) is 0 Å². The van der Waals surface area contributed by atoms with Crippen molar-refractivity contribution in [1.82, 2.24) is 4.72 Å². The van der Waals surface area contributed by atoms with Gasteiger partial charge >= 0.3 is 0 Å². The van der Waals surface area contributed by atoms with E-state index in [2.05, 4.69) is 16.9 Å². The van der Waals surface area contributed by atoms with Gasteiger partial charge in [0, 0.05) is 10.9 Å². The zero-order valence-electron chi connectivity index (χ0n) is 12.8. The second kappa shape index (κ2) is 7.81. The van der Waals surface area contributed by atoms with Crippen LogP contribution in [-0.4, -0.2) is 20.7 Å². The van der Waals surface area contributed by atoms with E-state index in [9.17, 15) is 8.42 Å². The van der Waals surface area contributed by atoms with E-state index >= 15 is 0 Å². The van der Waals surface area contributed by atoms with Gasteiger partial charge in [-0.2, -0.15) is 0 Å². The molecule has 0 bridgehead atoms. The van der Waals surface area contributed by atoms with Crippen molar-refractivity contribution in [1.29, 1.82) is 0 Å². The minimum atomic E-state index is -3.45. The van der Waals surface area contributed by atoms with Crippen LogP contribution in [0.2, 0.25) is 0 Å². The first-order valence-electron chi connectivity index (χ1n) is 7.21. The molecule has 0 spiro atoms. The molecular formula is C17H21NO2S2. The van der Waals surface area contributed by atoms with Gasteiger partial charge in [0.05, 0.1) is 4.90 Å². The standard InChI is InChI=1S/C17H21NO2S2/c1-14(8-9-15-6-4-3-5-7-15)18-22(19,20)17-12-10-16(21-2)11-13-17/h3-7,10-14,18H,8-9H2,1-2H3/t14-/m0/s1. The van der Waals surface area contributed by atoms with Gasteiger partial charge in [-0.15, -0.1) is 11.8 Å². The van der Waals surface area contributed by atoms with Gasteiger partial charge in [-0.1, -0.05) is 30.3 Å². The molecule has 0 saturated heterocycles. The highest BCUT2D eigenvalue weighted by Gasteiger charge is 2.17. The lowest BCUT2D eigenvalue weighted by molar-refractivity contribution is 0.547. The molecule has 2 aromatic rings. The molecule has 5 heteroatoms. The normalized spacial score (nSPS) is 13.0. The summed E-state index contributed by atoms with van der Waals surface area (Å²) in [6, 6.07) is 16.9. The van der Waals surface area contributed by atoms with E-state index in [-0.39, 0.29) is 6.04 Å². The molecule has 0 heterocycles. The number of nitrogens with one attached hydrogen (secondary N) is 1. The Kier molecular flexibility index (Phi) is 6.06. The SMILES string of the molecule is CSc1ccc(S(=O)(=O)N[C@@H](C)CCc2ccccc2)cc1. The summed E-state index contributed by atoms with van der Waals surface area (Å²) in [6.45, 7) is 1.90. The maximum atomic E-state index is 12.3. The van der Waals surface area contributed by atoms with E-state index in [4.69, 9.17) is 0 Å². The topological polar surface area (TPSA) is 46.2 Å². The quantitative estimate of drug-likeness (QED) is 0.785. The summed E-state index contributed by atoms with van der Waals surface area (Å²) < 4.78 is 27.4. The average Bonchev–Trinajstić information content (AvgIpc) is 2.53. The molecule has 0 aromatic heterocycles. The van der Waals surface area contributed by atoms with E-state index in [0.29, 0.717) is 4.90 Å². The first-order valence-corrected chi connectivity index (χ1v) is 9.92. The summed E-state index contributed by atoms with van der Waals surface area (Å²) in [6.07, 6.45) is 3.59. The first kappa shape index (κ1) is 17.1. The van der Waals surface area contributed by atoms with Crippen molar-refractivity contribution in [2.45, 2.75) is 35.6 Å². The third-order valence-corrected chi connectivity index (χ3v) is 5.78. The van der Waals surface area contributed by atoms with Crippen LogP contribution in [0.4, 0.5) is 0 Å². The Bertz CT molecular complexity index is 682. The van der Waals surface area contributed by atoms with Gasteiger partial charge in [0.25, 0.3) is 0 Å². The predicted octanol–water partition coefficient (Wildman–Crippen LogP) is 3.71. The average molecular weight is 335 g/mol. The number of aryl methyl sites for hydroxylation is 1. The Morgan fingerprint density at radius 2 is 1.68 bits per heavy atom. The summed E-state index contributed by atoms with van der Waals surface area (Å²) in [4.78, 5) is 1.37. The second-order valence-electron chi connectivity index (χ2n) is 5.22. The van der Waals surface area contributed by atoms with Gasteiger partial charge < -0.3 is 0 Å². The Labute approximate surface area is 137 Å². The number of hydrogen-bond donors (Lipinski definition) is 1. The highest BCUT2D eigenvalue weighted by molar-refractivity contribution is 7.98. The largest absolute Gasteiger partial charge is 0.240 e. The Hall–Kier alpha value is -1.30. The van der Waals surface area contributed by atoms with Gasteiger partial charge in [-0.25, -0.2) is 13.1 Å². The van der Waals surface area contributed by atoms with Crippen LogP contribution in [0.5, 0.6) is 0 Å². The molecule has 1 N–H and O–H groups in total. The van der Waals surface area contributed by atoms with Crippen LogP contribution in [0.25, 0.3) is 0 Å². The first-order chi connectivity index (χ1) is 10.5. The molecule has 0 aliphatic carbocycles. The smallest absolute Gasteiger partial charge is 0.208 e. The molecule has 22 heavy (non-hydrogen) atoms. The summed E-state index contributed by atoms with van der Waals surface area (Å²) in [7, 11) is -3.45. The van der Waals surface area contributed by atoms with Crippen molar-refractivity contribution in [3.05, 3.63) is 60.2 Å². The van der Waals surface area contributed by atoms with Crippen LogP contribution in [-0.2, 0) is 16.4 Å². The Balaban J connectivity index is 1.95. The van der Waals surface area contributed by atoms with Gasteiger partial charge in [0.1, 0.15) is 0 Å². The molecule has 0 aliphatic rings. The maximum Gasteiger partial charge on any atom is 0.240 e. The lowest BCUT2D eigenvalue weighted by Gasteiger charge is -2.14. The molecule has 1 atom stereocenters. The predicted molar refractivity (Wildman–Crippen MR) is 92.8 cm³/mol. The fourth-order valence-corrected chi connectivity index (χ4v) is 3.86. The Morgan fingerprint density at radius 1 is 1.05 bits per heavy atom. The second-order valence-corrected chi connectivity index (χ2v) is 7.82. The van der Waals surface area contributed by atoms with Crippen molar-refractivity contribution in [2.75, 3.05) is 6.26 Å². The third-order valence-electron chi connectivity index (χ3n) is 3.43. The van der Waals surface area contributed by atoms with Crippen LogP contribution in [0, 0.1) is 0 Å². The summed E-state index contributed by atoms with van der Waals surface area (Å²) >= 11 is 1.59. The maximum absolute atomic E-state index is 12.3. The van der Waals surface area contributed by atoms with E-state index in [1.54, 1.807) is 23.9 Å². The minimum Gasteiger partial charge on any atom is -0.208 e. The van der Waals surface area contributed by atoms with Crippen molar-refractivity contribution < 1.29 is 8.42 Å². The lowest BCUT2D eigenvalue weighted by atomic mass is 10.1. The molecule has 0 amide bonds. The molecule has 0 aliphatic heterocycles. The number of rotatable bonds is 7. The van der Waals surface area contributed by atoms with E-state index in [1.165, 1.54) is 5.56 Å². The van der Waals surface area contributed by atoms with Crippen LogP contribution in [0.15, 0.2) is 64.4 Å². The van der Waals surface area contributed by atoms with Crippen LogP contribution < -0.4 is 4.72 Å². The zero-order chi connectivity index (χ0) is 16.0. The fraction of sp³-hybridized carbons (Fsp3) is 0.294. The summed E-state index contributed by atoms with van der Waals surface area (Å²) in [5.41, 5.74) is 1.22. The highest BCUT2D eigenvalue weighted by Crippen LogP contribution is 2.18. The van der Waals surface area contributed by atoms with Gasteiger partial charge in [-0.05, 0) is 55.9 Å². The number of sulfonamides is 1. The third kappa shape index (κ3) is 4.87. The number of benzene rings is 2. The molecular weight excluding hydrogens is 314 g/mol. The van der Waals surface area contributed by atoms with Crippen LogP contribution in [0.3, 0.4) is 0 Å². The van der Waals surface area contributed by atoms with E-state index in [0.717, 1.165) is 17.7 Å². The Morgan fingerprint density at radius 3 is 2.27 bits per heavy atom. The highest BCUT2D eigenvalue weighted by atomic mass is 32.2. The van der Waals surface area contributed by atoms with Crippen molar-refractivity contribution in [2.24, 2.45) is 0 Å². The molecule has 118 valence electrons. The molecule has 2 rings (SSSR count). The van der Waals surface area contributed by atoms with Crippen LogP contribution in [0.1, 0.15) is 18.9 Å². The zero-order valence-corrected chi connectivity index (χ0v) is 14.5. The minimum absolute atomic E-state index is 0.106. The molecule has 2 aromatic carbocycles. The molecule has 0 saturated carbocycles. The van der Waals surface area contributed by atoms with Crippen molar-refractivity contribution >= 4 is 21.8 Å². The van der Waals surface area contributed by atoms with E-state index in [1.807, 2.05) is 43.5 Å². The monoisotopic (exact) mass is 335 g/mol. The molecule has 0 radical (unpaired) electrons. The fourth-order valence-electron chi connectivity index (χ4n) is 2.17. The van der Waals surface area contributed by atoms with Crippen LogP contribution >= 0.6 is 11.8 Å². The van der Waals surface area contributed by atoms with Crippen molar-refractivity contribution in [3.8, 4) is 0 Å². The van der Waals surface area contributed by atoms with E-state index < -0.39 is 10.0 Å². The van der Waals surface area contributed by atoms with Crippen molar-refractivity contribution in [3.63, 3.8) is 0 Å². The lowest BCUT2D eigenvalue weighted by Crippen LogP contribution is -2.32. The number of hydrogen-bond acceptors (Lipinski definition) is 3. The van der Waals surface area contributed by atoms with Gasteiger partial charge in [0.15, 0.2) is 0 Å². The van der Waals surface area contributed by atoms with Gasteiger partial charge in [0.2, 0.25) is 10.0 Å². The molecule has 0 fully saturated rings. The summed E-state index contributed by atoms with van der Waals surface area (Å²) in [5.74, 6) is 0. The molecule has 0 unspecified atom stereocenters.